The van der Waals surface area contributed by atoms with Crippen LogP contribution in [0.15, 0.2) is 11.6 Å². The number of hydrogen-bond acceptors (Lipinski definition) is 2. The molecule has 0 aliphatic rings. The minimum absolute atomic E-state index is 0.0167. The maximum absolute atomic E-state index is 12.2. The lowest BCUT2D eigenvalue weighted by molar-refractivity contribution is -0.161. The number of ether oxygens (including phenoxy) is 1. The van der Waals surface area contributed by atoms with Crippen LogP contribution in [0.2, 0.25) is 0 Å². The van der Waals surface area contributed by atoms with Gasteiger partial charge in [-0.05, 0) is 50.6 Å². The largest absolute Gasteiger partial charge is 0.460 e. The van der Waals surface area contributed by atoms with E-state index in [1.807, 2.05) is 20.8 Å². The van der Waals surface area contributed by atoms with Crippen LogP contribution in [0.3, 0.4) is 0 Å². The van der Waals surface area contributed by atoms with Gasteiger partial charge < -0.3 is 4.74 Å². The van der Waals surface area contributed by atoms with Crippen LogP contribution in [0.4, 0.5) is 8.78 Å². The number of carbonyl (C=O) groups is 1. The summed E-state index contributed by atoms with van der Waals surface area (Å²) in [7, 11) is 0. The second-order valence-corrected chi connectivity index (χ2v) is 4.86. The predicted molar refractivity (Wildman–Crippen MR) is 64.2 cm³/mol. The Hall–Kier alpha value is -0.640. The summed E-state index contributed by atoms with van der Waals surface area (Å²) in [6, 6.07) is 0. The monoisotopic (exact) mass is 268 g/mol. The molecular weight excluding hydrogens is 250 g/mol. The fourth-order valence-corrected chi connectivity index (χ4v) is 1.29. The number of carbonyl (C=O) groups excluding carboxylic acids is 1. The van der Waals surface area contributed by atoms with Crippen LogP contribution in [0.5, 0.6) is 0 Å². The molecule has 100 valence electrons. The van der Waals surface area contributed by atoms with Crippen molar-refractivity contribution in [3.05, 3.63) is 11.6 Å². The molecule has 0 radical (unpaired) electrons. The van der Waals surface area contributed by atoms with Gasteiger partial charge in [0, 0.05) is 0 Å². The molecule has 2 nitrogen and oxygen atoms in total. The average molecular weight is 269 g/mol. The maximum atomic E-state index is 12.2. The van der Waals surface area contributed by atoms with Crippen LogP contribution >= 0.6 is 11.6 Å². The number of alkyl halides is 3. The smallest absolute Gasteiger partial charge is 0.417 e. The molecule has 0 saturated heterocycles. The molecule has 17 heavy (non-hydrogen) atoms. The van der Waals surface area contributed by atoms with E-state index in [0.717, 1.165) is 12.8 Å². The second-order valence-electron chi connectivity index (χ2n) is 4.39. The van der Waals surface area contributed by atoms with Crippen molar-refractivity contribution in [2.45, 2.75) is 45.4 Å². The Labute approximate surface area is 106 Å². The molecule has 0 aromatic heterocycles. The number of allylic oxidation sites excluding steroid dienone is 2. The molecule has 0 aliphatic carbocycles. The lowest BCUT2D eigenvalue weighted by Gasteiger charge is -2.12. The Kier molecular flexibility index (Phi) is 7.35. The first-order valence-corrected chi connectivity index (χ1v) is 5.98. The van der Waals surface area contributed by atoms with Crippen molar-refractivity contribution < 1.29 is 18.3 Å². The molecule has 1 atom stereocenters. The SMILES string of the molecule is CC(C)=CCCC(C)CCOC(=O)C(F)(F)Cl. The highest BCUT2D eigenvalue weighted by atomic mass is 35.5. The third-order valence-corrected chi connectivity index (χ3v) is 2.44. The van der Waals surface area contributed by atoms with Gasteiger partial charge in [0.2, 0.25) is 0 Å². The molecule has 0 aliphatic heterocycles. The quantitative estimate of drug-likeness (QED) is 0.394. The van der Waals surface area contributed by atoms with Crippen molar-refractivity contribution >= 4 is 17.6 Å². The minimum atomic E-state index is -3.91. The van der Waals surface area contributed by atoms with Crippen molar-refractivity contribution in [1.82, 2.24) is 0 Å². The van der Waals surface area contributed by atoms with Crippen LogP contribution in [-0.4, -0.2) is 18.0 Å². The first-order chi connectivity index (χ1) is 7.73. The fourth-order valence-electron chi connectivity index (χ4n) is 1.24. The highest BCUT2D eigenvalue weighted by Crippen LogP contribution is 2.21. The van der Waals surface area contributed by atoms with E-state index in [-0.39, 0.29) is 6.61 Å². The van der Waals surface area contributed by atoms with Gasteiger partial charge in [0.15, 0.2) is 0 Å². The number of rotatable bonds is 7. The average Bonchev–Trinajstić information content (AvgIpc) is 2.15. The summed E-state index contributed by atoms with van der Waals surface area (Å²) in [5.74, 6) is -1.35. The Morgan fingerprint density at radius 2 is 2.00 bits per heavy atom. The standard InChI is InChI=1S/C12H19ClF2O2/c1-9(2)5-4-6-10(3)7-8-17-11(16)12(13,14)15/h5,10H,4,6-8H2,1-3H3. The van der Waals surface area contributed by atoms with E-state index in [9.17, 15) is 13.6 Å². The molecule has 0 N–H and O–H groups in total. The van der Waals surface area contributed by atoms with Crippen LogP contribution in [0.25, 0.3) is 0 Å². The zero-order valence-electron chi connectivity index (χ0n) is 10.4. The molecule has 0 spiro atoms. The first kappa shape index (κ1) is 16.4. The number of hydrogen-bond donors (Lipinski definition) is 0. The Bertz CT molecular complexity index is 268. The van der Waals surface area contributed by atoms with Crippen molar-refractivity contribution in [2.75, 3.05) is 6.61 Å². The molecule has 1 unspecified atom stereocenters. The maximum Gasteiger partial charge on any atom is 0.417 e. The van der Waals surface area contributed by atoms with E-state index in [1.54, 1.807) is 0 Å². The topological polar surface area (TPSA) is 26.3 Å². The normalized spacial score (nSPS) is 13.1. The summed E-state index contributed by atoms with van der Waals surface area (Å²) in [5, 5.41) is -3.91. The zero-order valence-corrected chi connectivity index (χ0v) is 11.2. The molecular formula is C12H19ClF2O2. The Morgan fingerprint density at radius 3 is 2.47 bits per heavy atom. The van der Waals surface area contributed by atoms with Gasteiger partial charge >= 0.3 is 11.4 Å². The number of halogens is 3. The number of esters is 1. The van der Waals surface area contributed by atoms with Gasteiger partial charge in [0.25, 0.3) is 0 Å². The summed E-state index contributed by atoms with van der Waals surface area (Å²) in [6.07, 6.45) is 4.58. The predicted octanol–water partition coefficient (Wildman–Crippen LogP) is 4.13. The van der Waals surface area contributed by atoms with Crippen LogP contribution in [-0.2, 0) is 9.53 Å². The minimum Gasteiger partial charge on any atom is -0.460 e. The fraction of sp³-hybridized carbons (Fsp3) is 0.750. The molecule has 0 aromatic rings. The van der Waals surface area contributed by atoms with Crippen LogP contribution in [0.1, 0.15) is 40.0 Å². The van der Waals surface area contributed by atoms with E-state index in [2.05, 4.69) is 22.4 Å². The summed E-state index contributed by atoms with van der Waals surface area (Å²) >= 11 is 4.50. The summed E-state index contributed by atoms with van der Waals surface area (Å²) < 4.78 is 28.8. The van der Waals surface area contributed by atoms with Crippen LogP contribution < -0.4 is 0 Å². The van der Waals surface area contributed by atoms with Crippen molar-refractivity contribution in [2.24, 2.45) is 5.92 Å². The molecule has 0 saturated carbocycles. The van der Waals surface area contributed by atoms with Gasteiger partial charge in [-0.15, -0.1) is 0 Å². The van der Waals surface area contributed by atoms with Crippen molar-refractivity contribution in [3.8, 4) is 0 Å². The van der Waals surface area contributed by atoms with Gasteiger partial charge in [-0.2, -0.15) is 8.78 Å². The molecule has 0 bridgehead atoms. The Balaban J connectivity index is 3.68. The molecule has 5 heteroatoms. The van der Waals surface area contributed by atoms with Gasteiger partial charge in [0.05, 0.1) is 6.61 Å². The lowest BCUT2D eigenvalue weighted by atomic mass is 10.0. The first-order valence-electron chi connectivity index (χ1n) is 5.60. The Morgan fingerprint density at radius 1 is 1.41 bits per heavy atom. The molecule has 0 rings (SSSR count). The highest BCUT2D eigenvalue weighted by Gasteiger charge is 2.37. The molecule has 0 aromatic carbocycles. The van der Waals surface area contributed by atoms with E-state index < -0.39 is 11.4 Å². The van der Waals surface area contributed by atoms with Gasteiger partial charge in [0.1, 0.15) is 0 Å². The third kappa shape index (κ3) is 9.10. The second kappa shape index (κ2) is 7.64. The van der Waals surface area contributed by atoms with Crippen molar-refractivity contribution in [3.63, 3.8) is 0 Å². The van der Waals surface area contributed by atoms with Gasteiger partial charge in [-0.1, -0.05) is 18.6 Å². The van der Waals surface area contributed by atoms with E-state index in [4.69, 9.17) is 0 Å². The van der Waals surface area contributed by atoms with E-state index in [0.29, 0.717) is 12.3 Å². The summed E-state index contributed by atoms with van der Waals surface area (Å²) in [4.78, 5) is 10.6. The van der Waals surface area contributed by atoms with Gasteiger partial charge in [-0.25, -0.2) is 4.79 Å². The summed E-state index contributed by atoms with van der Waals surface area (Å²) in [6.45, 7) is 6.02. The molecule has 0 amide bonds. The van der Waals surface area contributed by atoms with Crippen molar-refractivity contribution in [1.29, 1.82) is 0 Å². The van der Waals surface area contributed by atoms with E-state index >= 15 is 0 Å². The van der Waals surface area contributed by atoms with Crippen LogP contribution in [0, 0.1) is 5.92 Å². The van der Waals surface area contributed by atoms with Gasteiger partial charge in [-0.3, -0.25) is 0 Å². The molecule has 0 fully saturated rings. The third-order valence-electron chi connectivity index (χ3n) is 2.29. The zero-order chi connectivity index (χ0) is 13.5. The molecule has 0 heterocycles. The van der Waals surface area contributed by atoms with E-state index in [1.165, 1.54) is 5.57 Å². The summed E-state index contributed by atoms with van der Waals surface area (Å²) in [5.41, 5.74) is 1.26. The lowest BCUT2D eigenvalue weighted by Crippen LogP contribution is -2.25. The highest BCUT2D eigenvalue weighted by molar-refractivity contribution is 6.31.